The lowest BCUT2D eigenvalue weighted by Crippen LogP contribution is -2.34. The second kappa shape index (κ2) is 7.82. The molecule has 28 heavy (non-hydrogen) atoms. The number of carbonyl (C=O) groups excluding carboxylic acids is 2. The second-order valence-electron chi connectivity index (χ2n) is 8.00. The molecule has 1 saturated heterocycles. The lowest BCUT2D eigenvalue weighted by atomic mass is 9.93. The molecule has 2 fully saturated rings. The van der Waals surface area contributed by atoms with Crippen molar-refractivity contribution in [2.24, 2.45) is 5.92 Å². The summed E-state index contributed by atoms with van der Waals surface area (Å²) in [6, 6.07) is 14.9. The van der Waals surface area contributed by atoms with Gasteiger partial charge in [0.2, 0.25) is 6.79 Å². The molecule has 1 aliphatic heterocycles. The normalized spacial score (nSPS) is 22.8. The van der Waals surface area contributed by atoms with Crippen molar-refractivity contribution in [3.8, 4) is 0 Å². The van der Waals surface area contributed by atoms with Crippen LogP contribution >= 0.6 is 0 Å². The number of fused-ring (bicyclic) bond motifs is 2. The largest absolute Gasteiger partial charge is 0.428 e. The average molecular weight is 381 g/mol. The van der Waals surface area contributed by atoms with Gasteiger partial charge in [0.1, 0.15) is 0 Å². The molecule has 2 aromatic rings. The molecule has 1 aliphatic carbocycles. The Labute approximate surface area is 165 Å². The summed E-state index contributed by atoms with van der Waals surface area (Å²) in [4.78, 5) is 25.7. The molecule has 0 unspecified atom stereocenters. The highest BCUT2D eigenvalue weighted by molar-refractivity contribution is 5.83. The van der Waals surface area contributed by atoms with Gasteiger partial charge >= 0.3 is 12.1 Å². The standard InChI is InChI=1S/C23H27NO4/c1-2-3-4-9-21(25)27-16-28-22(26)24-14-20-13-23(20,15-24)19-11-10-17-7-5-6-8-18(17)12-19/h5-8,10-12,20H,2-4,9,13-16H2,1H3/t20-,23+/m1/s1. The number of carbonyl (C=O) groups is 2. The number of unbranched alkanes of at least 4 members (excludes halogenated alkanes) is 2. The van der Waals surface area contributed by atoms with E-state index in [0.29, 0.717) is 25.4 Å². The van der Waals surface area contributed by atoms with Gasteiger partial charge < -0.3 is 14.4 Å². The molecular formula is C23H27NO4. The smallest absolute Gasteiger partial charge is 0.412 e. The maximum absolute atomic E-state index is 12.4. The third-order valence-corrected chi connectivity index (χ3v) is 6.12. The van der Waals surface area contributed by atoms with Gasteiger partial charge in [-0.3, -0.25) is 4.79 Å². The summed E-state index contributed by atoms with van der Waals surface area (Å²) in [7, 11) is 0. The fraction of sp³-hybridized carbons (Fsp3) is 0.478. The molecule has 2 aromatic carbocycles. The van der Waals surface area contributed by atoms with E-state index in [-0.39, 0.29) is 18.2 Å². The predicted octanol–water partition coefficient (Wildman–Crippen LogP) is 4.63. The Balaban J connectivity index is 1.30. The summed E-state index contributed by atoms with van der Waals surface area (Å²) in [5.74, 6) is 0.177. The molecule has 1 heterocycles. The number of benzene rings is 2. The summed E-state index contributed by atoms with van der Waals surface area (Å²) < 4.78 is 10.2. The number of rotatable bonds is 7. The van der Waals surface area contributed by atoms with Crippen LogP contribution in [0.4, 0.5) is 4.79 Å². The van der Waals surface area contributed by atoms with Gasteiger partial charge in [0.05, 0.1) is 0 Å². The van der Waals surface area contributed by atoms with Crippen LogP contribution in [-0.2, 0) is 19.7 Å². The van der Waals surface area contributed by atoms with Crippen molar-refractivity contribution in [3.05, 3.63) is 48.0 Å². The van der Waals surface area contributed by atoms with Crippen LogP contribution in [0.5, 0.6) is 0 Å². The number of hydrogen-bond acceptors (Lipinski definition) is 4. The van der Waals surface area contributed by atoms with E-state index in [9.17, 15) is 9.59 Å². The Hall–Kier alpha value is -2.56. The maximum atomic E-state index is 12.4. The van der Waals surface area contributed by atoms with Crippen LogP contribution in [0.2, 0.25) is 0 Å². The number of nitrogens with zero attached hydrogens (tertiary/aromatic N) is 1. The van der Waals surface area contributed by atoms with Gasteiger partial charge in [0.25, 0.3) is 0 Å². The monoisotopic (exact) mass is 381 g/mol. The zero-order valence-electron chi connectivity index (χ0n) is 16.4. The first-order valence-electron chi connectivity index (χ1n) is 10.2. The number of likely N-dealkylation sites (tertiary alicyclic amines) is 1. The molecule has 0 spiro atoms. The van der Waals surface area contributed by atoms with Gasteiger partial charge in [0, 0.05) is 24.9 Å². The van der Waals surface area contributed by atoms with E-state index in [1.165, 1.54) is 16.3 Å². The van der Waals surface area contributed by atoms with Crippen molar-refractivity contribution in [3.63, 3.8) is 0 Å². The topological polar surface area (TPSA) is 55.8 Å². The molecule has 2 aliphatic rings. The van der Waals surface area contributed by atoms with Crippen LogP contribution in [0.1, 0.15) is 44.6 Å². The third kappa shape index (κ3) is 3.71. The Bertz CT molecular complexity index is 880. The Morgan fingerprint density at radius 2 is 1.93 bits per heavy atom. The van der Waals surface area contributed by atoms with Crippen LogP contribution in [0.3, 0.4) is 0 Å². The summed E-state index contributed by atoms with van der Waals surface area (Å²) in [6.07, 6.45) is 3.96. The van der Waals surface area contributed by atoms with Gasteiger partial charge in [-0.05, 0) is 35.1 Å². The molecule has 4 rings (SSSR count). The van der Waals surface area contributed by atoms with E-state index in [0.717, 1.165) is 25.7 Å². The summed E-state index contributed by atoms with van der Waals surface area (Å²) >= 11 is 0. The van der Waals surface area contributed by atoms with Crippen molar-refractivity contribution < 1.29 is 19.1 Å². The van der Waals surface area contributed by atoms with Crippen molar-refractivity contribution in [1.82, 2.24) is 4.90 Å². The minimum absolute atomic E-state index is 0.0554. The minimum Gasteiger partial charge on any atom is -0.428 e. The third-order valence-electron chi connectivity index (χ3n) is 6.12. The fourth-order valence-corrected chi connectivity index (χ4v) is 4.40. The first-order chi connectivity index (χ1) is 13.6. The highest BCUT2D eigenvalue weighted by atomic mass is 16.7. The molecule has 0 bridgehead atoms. The number of piperidine rings is 1. The van der Waals surface area contributed by atoms with Gasteiger partial charge in [-0.25, -0.2) is 4.79 Å². The number of hydrogen-bond donors (Lipinski definition) is 0. The van der Waals surface area contributed by atoms with E-state index in [1.54, 1.807) is 4.90 Å². The molecule has 5 heteroatoms. The van der Waals surface area contributed by atoms with E-state index in [1.807, 2.05) is 6.07 Å². The second-order valence-corrected chi connectivity index (χ2v) is 8.00. The Morgan fingerprint density at radius 1 is 1.11 bits per heavy atom. The van der Waals surface area contributed by atoms with Crippen LogP contribution in [0.15, 0.2) is 42.5 Å². The van der Waals surface area contributed by atoms with E-state index in [2.05, 4.69) is 43.3 Å². The lowest BCUT2D eigenvalue weighted by molar-refractivity contribution is -0.152. The molecule has 0 N–H and O–H groups in total. The highest BCUT2D eigenvalue weighted by Gasteiger charge is 2.61. The number of amides is 1. The Morgan fingerprint density at radius 3 is 2.75 bits per heavy atom. The molecule has 2 atom stereocenters. The van der Waals surface area contributed by atoms with Crippen LogP contribution in [0.25, 0.3) is 10.8 Å². The van der Waals surface area contributed by atoms with Gasteiger partial charge in [-0.2, -0.15) is 0 Å². The van der Waals surface area contributed by atoms with Crippen LogP contribution in [0, 0.1) is 5.92 Å². The van der Waals surface area contributed by atoms with Gasteiger partial charge in [0.15, 0.2) is 0 Å². The zero-order valence-corrected chi connectivity index (χ0v) is 16.4. The molecular weight excluding hydrogens is 354 g/mol. The quantitative estimate of drug-likeness (QED) is 0.399. The SMILES string of the molecule is CCCCCC(=O)OCOC(=O)N1C[C@H]2C[C@@]2(c2ccc3ccccc3c2)C1. The Kier molecular flexibility index (Phi) is 5.25. The minimum atomic E-state index is -0.395. The van der Waals surface area contributed by atoms with Crippen molar-refractivity contribution in [1.29, 1.82) is 0 Å². The average Bonchev–Trinajstić information content (AvgIpc) is 3.28. The maximum Gasteiger partial charge on any atom is 0.412 e. The van der Waals surface area contributed by atoms with E-state index in [4.69, 9.17) is 9.47 Å². The lowest BCUT2D eigenvalue weighted by Gasteiger charge is -2.21. The molecule has 0 radical (unpaired) electrons. The first-order valence-corrected chi connectivity index (χ1v) is 10.2. The predicted molar refractivity (Wildman–Crippen MR) is 107 cm³/mol. The molecule has 5 nitrogen and oxygen atoms in total. The van der Waals surface area contributed by atoms with E-state index >= 15 is 0 Å². The van der Waals surface area contributed by atoms with E-state index < -0.39 is 6.09 Å². The molecule has 1 saturated carbocycles. The summed E-state index contributed by atoms with van der Waals surface area (Å²) in [5.41, 5.74) is 1.36. The van der Waals surface area contributed by atoms with Crippen LogP contribution in [-0.4, -0.2) is 36.8 Å². The van der Waals surface area contributed by atoms with Crippen molar-refractivity contribution in [2.75, 3.05) is 19.9 Å². The van der Waals surface area contributed by atoms with Crippen molar-refractivity contribution in [2.45, 2.75) is 44.4 Å². The molecule has 148 valence electrons. The van der Waals surface area contributed by atoms with Crippen molar-refractivity contribution >= 4 is 22.8 Å². The molecule has 0 aromatic heterocycles. The first kappa shape index (κ1) is 18.8. The number of esters is 1. The number of ether oxygens (including phenoxy) is 2. The summed E-state index contributed by atoms with van der Waals surface area (Å²) in [6.45, 7) is 3.15. The van der Waals surface area contributed by atoms with Crippen LogP contribution < -0.4 is 0 Å². The molecule has 1 amide bonds. The highest BCUT2D eigenvalue weighted by Crippen LogP contribution is 2.59. The fourth-order valence-electron chi connectivity index (χ4n) is 4.40. The summed E-state index contributed by atoms with van der Waals surface area (Å²) in [5, 5.41) is 2.46. The van der Waals surface area contributed by atoms with Gasteiger partial charge in [-0.1, -0.05) is 62.2 Å². The zero-order chi connectivity index (χ0) is 19.6. The van der Waals surface area contributed by atoms with Gasteiger partial charge in [-0.15, -0.1) is 0 Å².